The number of esters is 1. The highest BCUT2D eigenvalue weighted by molar-refractivity contribution is 6.82. The van der Waals surface area contributed by atoms with Crippen LogP contribution in [0, 0.1) is 0 Å². The minimum Gasteiger partial charge on any atom is -0.465 e. The highest BCUT2D eigenvalue weighted by Crippen LogP contribution is 2.09. The quantitative estimate of drug-likeness (QED) is 0.495. The molecule has 1 aromatic carbocycles. The van der Waals surface area contributed by atoms with Crippen molar-refractivity contribution in [2.75, 3.05) is 12.0 Å². The van der Waals surface area contributed by atoms with Crippen LogP contribution in [-0.4, -0.2) is 20.3 Å². The van der Waals surface area contributed by atoms with Crippen molar-refractivity contribution >= 4 is 19.7 Å². The second-order valence-corrected chi connectivity index (χ2v) is 9.06. The Bertz CT molecular complexity index is 385. The first-order valence-electron chi connectivity index (χ1n) is 5.11. The Morgan fingerprint density at radius 3 is 2.50 bits per heavy atom. The zero-order valence-corrected chi connectivity index (χ0v) is 10.7. The molecular formula is C12H17NO2Si. The van der Waals surface area contributed by atoms with Crippen molar-refractivity contribution in [3.05, 3.63) is 42.1 Å². The number of anilines is 1. The Balaban J connectivity index is 2.60. The lowest BCUT2D eigenvalue weighted by atomic mass is 10.2. The summed E-state index contributed by atoms with van der Waals surface area (Å²) in [5.74, 6) is -0.303. The zero-order valence-electron chi connectivity index (χ0n) is 9.69. The van der Waals surface area contributed by atoms with Gasteiger partial charge < -0.3 is 10.5 Å². The standard InChI is InChI=1S/C12H17NO2Si/c1-4-16(2,3)9-15-12(14)10-5-7-11(13)8-6-10/h4-8H,1,9,13H2,2-3H3. The number of benzene rings is 1. The third-order valence-corrected chi connectivity index (χ3v) is 4.27. The van der Waals surface area contributed by atoms with Gasteiger partial charge in [0.1, 0.15) is 8.07 Å². The van der Waals surface area contributed by atoms with E-state index in [0.717, 1.165) is 0 Å². The highest BCUT2D eigenvalue weighted by Gasteiger charge is 2.19. The van der Waals surface area contributed by atoms with Gasteiger partial charge in [0.15, 0.2) is 0 Å². The lowest BCUT2D eigenvalue weighted by Gasteiger charge is -2.16. The second kappa shape index (κ2) is 4.98. The number of ether oxygens (including phenoxy) is 1. The van der Waals surface area contributed by atoms with Gasteiger partial charge >= 0.3 is 5.97 Å². The van der Waals surface area contributed by atoms with E-state index in [1.54, 1.807) is 24.3 Å². The van der Waals surface area contributed by atoms with E-state index in [2.05, 4.69) is 19.7 Å². The van der Waals surface area contributed by atoms with Crippen LogP contribution in [0.15, 0.2) is 36.5 Å². The Kier molecular flexibility index (Phi) is 3.90. The first-order chi connectivity index (χ1) is 7.44. The second-order valence-electron chi connectivity index (χ2n) is 4.39. The molecule has 3 nitrogen and oxygen atoms in total. The average Bonchev–Trinajstić information content (AvgIpc) is 2.27. The van der Waals surface area contributed by atoms with Crippen LogP contribution < -0.4 is 5.73 Å². The van der Waals surface area contributed by atoms with Gasteiger partial charge in [-0.2, -0.15) is 0 Å². The molecule has 0 spiro atoms. The van der Waals surface area contributed by atoms with Gasteiger partial charge in [-0.15, -0.1) is 6.58 Å². The smallest absolute Gasteiger partial charge is 0.337 e. The Morgan fingerprint density at radius 1 is 1.44 bits per heavy atom. The Labute approximate surface area is 96.9 Å². The summed E-state index contributed by atoms with van der Waals surface area (Å²) in [6.07, 6.45) is 0.458. The van der Waals surface area contributed by atoms with Gasteiger partial charge in [0.05, 0.1) is 11.8 Å². The number of carbonyl (C=O) groups is 1. The van der Waals surface area contributed by atoms with Crippen molar-refractivity contribution in [2.45, 2.75) is 13.1 Å². The molecule has 4 heteroatoms. The average molecular weight is 235 g/mol. The van der Waals surface area contributed by atoms with Gasteiger partial charge in [0.25, 0.3) is 0 Å². The number of hydrogen-bond donors (Lipinski definition) is 1. The van der Waals surface area contributed by atoms with Gasteiger partial charge in [0, 0.05) is 5.69 Å². The number of nitrogen functional groups attached to an aromatic ring is 1. The third kappa shape index (κ3) is 3.55. The van der Waals surface area contributed by atoms with Gasteiger partial charge in [-0.05, 0) is 24.3 Å². The van der Waals surface area contributed by atoms with E-state index in [4.69, 9.17) is 10.5 Å². The van der Waals surface area contributed by atoms with Crippen molar-refractivity contribution in [1.82, 2.24) is 0 Å². The zero-order chi connectivity index (χ0) is 12.2. The van der Waals surface area contributed by atoms with E-state index in [1.807, 2.05) is 5.70 Å². The molecule has 0 heterocycles. The number of carbonyl (C=O) groups excluding carboxylic acids is 1. The Morgan fingerprint density at radius 2 is 2.00 bits per heavy atom. The topological polar surface area (TPSA) is 52.3 Å². The van der Waals surface area contributed by atoms with Gasteiger partial charge in [-0.25, -0.2) is 4.79 Å². The minimum atomic E-state index is -1.59. The predicted molar refractivity (Wildman–Crippen MR) is 68.8 cm³/mol. The fourth-order valence-corrected chi connectivity index (χ4v) is 1.63. The molecule has 0 unspecified atom stereocenters. The van der Waals surface area contributed by atoms with E-state index in [-0.39, 0.29) is 5.97 Å². The molecule has 0 saturated carbocycles. The van der Waals surface area contributed by atoms with Crippen molar-refractivity contribution in [3.8, 4) is 0 Å². The predicted octanol–water partition coefficient (Wildman–Crippen LogP) is 2.40. The number of hydrogen-bond acceptors (Lipinski definition) is 3. The van der Waals surface area contributed by atoms with Crippen LogP contribution in [0.4, 0.5) is 5.69 Å². The molecule has 0 atom stereocenters. The van der Waals surface area contributed by atoms with Crippen LogP contribution in [-0.2, 0) is 4.74 Å². The molecule has 2 N–H and O–H groups in total. The van der Waals surface area contributed by atoms with Crippen LogP contribution in [0.5, 0.6) is 0 Å². The fraction of sp³-hybridized carbons (Fsp3) is 0.250. The lowest BCUT2D eigenvalue weighted by molar-refractivity contribution is 0.0566. The molecule has 0 aliphatic rings. The fourth-order valence-electron chi connectivity index (χ4n) is 1.01. The molecule has 1 aromatic rings. The molecule has 0 bridgehead atoms. The molecule has 0 aromatic heterocycles. The Hall–Kier alpha value is -1.55. The molecular weight excluding hydrogens is 218 g/mol. The maximum absolute atomic E-state index is 11.6. The first-order valence-corrected chi connectivity index (χ1v) is 8.39. The van der Waals surface area contributed by atoms with Gasteiger partial charge in [-0.1, -0.05) is 18.8 Å². The van der Waals surface area contributed by atoms with E-state index < -0.39 is 8.07 Å². The van der Waals surface area contributed by atoms with E-state index in [1.165, 1.54) is 0 Å². The molecule has 0 aliphatic heterocycles. The summed E-state index contributed by atoms with van der Waals surface area (Å²) >= 11 is 0. The molecule has 0 saturated heterocycles. The van der Waals surface area contributed by atoms with Crippen LogP contribution >= 0.6 is 0 Å². The maximum atomic E-state index is 11.6. The van der Waals surface area contributed by atoms with Crippen molar-refractivity contribution in [3.63, 3.8) is 0 Å². The normalized spacial score (nSPS) is 10.9. The lowest BCUT2D eigenvalue weighted by Crippen LogP contribution is -2.31. The van der Waals surface area contributed by atoms with Gasteiger partial charge in [0.2, 0.25) is 0 Å². The van der Waals surface area contributed by atoms with Crippen molar-refractivity contribution in [2.24, 2.45) is 0 Å². The summed E-state index contributed by atoms with van der Waals surface area (Å²) < 4.78 is 5.23. The largest absolute Gasteiger partial charge is 0.465 e. The first kappa shape index (κ1) is 12.5. The monoisotopic (exact) mass is 235 g/mol. The third-order valence-electron chi connectivity index (χ3n) is 2.27. The molecule has 16 heavy (non-hydrogen) atoms. The van der Waals surface area contributed by atoms with E-state index in [9.17, 15) is 4.79 Å². The molecule has 0 radical (unpaired) electrons. The molecule has 0 aliphatic carbocycles. The minimum absolute atomic E-state index is 0.303. The summed E-state index contributed by atoms with van der Waals surface area (Å²) in [6.45, 7) is 7.94. The van der Waals surface area contributed by atoms with E-state index in [0.29, 0.717) is 17.5 Å². The molecule has 1 rings (SSSR count). The van der Waals surface area contributed by atoms with Crippen molar-refractivity contribution in [1.29, 1.82) is 0 Å². The molecule has 86 valence electrons. The summed E-state index contributed by atoms with van der Waals surface area (Å²) in [5, 5.41) is 0. The SMILES string of the molecule is C=C[Si](C)(C)COC(=O)c1ccc(N)cc1. The van der Waals surface area contributed by atoms with Crippen LogP contribution in [0.1, 0.15) is 10.4 Å². The maximum Gasteiger partial charge on any atom is 0.337 e. The highest BCUT2D eigenvalue weighted by atomic mass is 28.3. The van der Waals surface area contributed by atoms with Gasteiger partial charge in [-0.3, -0.25) is 0 Å². The van der Waals surface area contributed by atoms with Crippen LogP contribution in [0.25, 0.3) is 0 Å². The molecule has 0 amide bonds. The van der Waals surface area contributed by atoms with E-state index >= 15 is 0 Å². The molecule has 0 fully saturated rings. The number of rotatable bonds is 4. The van der Waals surface area contributed by atoms with Crippen LogP contribution in [0.2, 0.25) is 13.1 Å². The van der Waals surface area contributed by atoms with Crippen LogP contribution in [0.3, 0.4) is 0 Å². The summed E-state index contributed by atoms with van der Waals surface area (Å²) in [6, 6.07) is 6.71. The summed E-state index contributed by atoms with van der Waals surface area (Å²) in [7, 11) is -1.59. The summed E-state index contributed by atoms with van der Waals surface area (Å²) in [5.41, 5.74) is 8.61. The number of nitrogens with two attached hydrogens (primary N) is 1. The van der Waals surface area contributed by atoms with Crippen molar-refractivity contribution < 1.29 is 9.53 Å². The summed E-state index contributed by atoms with van der Waals surface area (Å²) in [4.78, 5) is 11.6.